The second kappa shape index (κ2) is 7.72. The predicted octanol–water partition coefficient (Wildman–Crippen LogP) is 3.97. The number of nitrogens with one attached hydrogen (secondary N) is 2. The largest absolute Gasteiger partial charge is 0.495 e. The summed E-state index contributed by atoms with van der Waals surface area (Å²) < 4.78 is 66.8. The number of ether oxygens (including phenoxy) is 1. The molecule has 142 valence electrons. The lowest BCUT2D eigenvalue weighted by molar-refractivity contribution is -0.106. The molecule has 12 heteroatoms. The summed E-state index contributed by atoms with van der Waals surface area (Å²) in [4.78, 5) is 12.2. The maximum Gasteiger partial charge on any atom is 0.404 e. The molecule has 0 unspecified atom stereocenters. The number of alkyl halides is 3. The van der Waals surface area contributed by atoms with Gasteiger partial charge in [0.15, 0.2) is 5.75 Å². The van der Waals surface area contributed by atoms with E-state index in [1.807, 2.05) is 0 Å². The Morgan fingerprint density at radius 3 is 2.58 bits per heavy atom. The van der Waals surface area contributed by atoms with Gasteiger partial charge >= 0.3 is 6.18 Å². The van der Waals surface area contributed by atoms with Gasteiger partial charge in [-0.2, -0.15) is 13.2 Å². The highest BCUT2D eigenvalue weighted by Crippen LogP contribution is 2.29. The van der Waals surface area contributed by atoms with Gasteiger partial charge in [0.25, 0.3) is 5.91 Å². The van der Waals surface area contributed by atoms with Crippen LogP contribution in [-0.4, -0.2) is 33.4 Å². The summed E-state index contributed by atoms with van der Waals surface area (Å²) in [6.07, 6.45) is -4.90. The Labute approximate surface area is 156 Å². The minimum absolute atomic E-state index is 0.0947. The van der Waals surface area contributed by atoms with Gasteiger partial charge in [0.1, 0.15) is 10.6 Å². The van der Waals surface area contributed by atoms with Crippen LogP contribution in [0.5, 0.6) is 5.75 Å². The standard InChI is InChI=1S/C14H12ClF3N2O4S2/c1-24-11-3-2-8(6-9(11)15)19-13(21)12-10(4-5-25-12)20-26(22,23)7-14(16,17)18/h2-6,20H,7H2,1H3,(H,19,21). The van der Waals surface area contributed by atoms with Crippen LogP contribution in [0.15, 0.2) is 29.6 Å². The number of anilines is 2. The summed E-state index contributed by atoms with van der Waals surface area (Å²) in [5, 5.41) is 4.10. The van der Waals surface area contributed by atoms with Crippen molar-refractivity contribution in [1.82, 2.24) is 0 Å². The van der Waals surface area contributed by atoms with E-state index in [-0.39, 0.29) is 15.6 Å². The number of rotatable bonds is 6. The van der Waals surface area contributed by atoms with Crippen molar-refractivity contribution in [3.05, 3.63) is 39.5 Å². The highest BCUT2D eigenvalue weighted by molar-refractivity contribution is 7.92. The van der Waals surface area contributed by atoms with E-state index >= 15 is 0 Å². The molecule has 0 saturated carbocycles. The maximum absolute atomic E-state index is 12.3. The van der Waals surface area contributed by atoms with Crippen LogP contribution in [-0.2, 0) is 10.0 Å². The number of sulfonamides is 1. The average molecular weight is 429 g/mol. The molecule has 0 fully saturated rings. The lowest BCUT2D eigenvalue weighted by Crippen LogP contribution is -2.28. The first-order valence-electron chi connectivity index (χ1n) is 6.80. The minimum Gasteiger partial charge on any atom is -0.495 e. The molecular weight excluding hydrogens is 417 g/mol. The van der Waals surface area contributed by atoms with Crippen LogP contribution in [0.2, 0.25) is 5.02 Å². The smallest absolute Gasteiger partial charge is 0.404 e. The molecule has 0 aliphatic carbocycles. The second-order valence-corrected chi connectivity index (χ2v) is 7.99. The predicted molar refractivity (Wildman–Crippen MR) is 93.7 cm³/mol. The first-order valence-corrected chi connectivity index (χ1v) is 9.71. The fraction of sp³-hybridized carbons (Fsp3) is 0.214. The molecule has 2 aromatic rings. The Balaban J connectivity index is 2.17. The van der Waals surface area contributed by atoms with Crippen LogP contribution in [0, 0.1) is 0 Å². The first-order chi connectivity index (χ1) is 12.0. The van der Waals surface area contributed by atoms with Crippen molar-refractivity contribution in [3.63, 3.8) is 0 Å². The molecular formula is C14H12ClF3N2O4S2. The van der Waals surface area contributed by atoms with Gasteiger partial charge in [0, 0.05) is 5.69 Å². The topological polar surface area (TPSA) is 84.5 Å². The first kappa shape index (κ1) is 20.3. The monoisotopic (exact) mass is 428 g/mol. The maximum atomic E-state index is 12.3. The van der Waals surface area contributed by atoms with Gasteiger partial charge < -0.3 is 10.1 Å². The molecule has 0 aliphatic heterocycles. The Morgan fingerprint density at radius 2 is 2.00 bits per heavy atom. The fourth-order valence-corrected chi connectivity index (χ4v) is 3.99. The molecule has 1 aromatic heterocycles. The summed E-state index contributed by atoms with van der Waals surface area (Å²) in [5.74, 6) is -2.36. The summed E-state index contributed by atoms with van der Waals surface area (Å²) in [7, 11) is -3.27. The van der Waals surface area contributed by atoms with Crippen LogP contribution in [0.1, 0.15) is 9.67 Å². The zero-order valence-corrected chi connectivity index (χ0v) is 15.4. The molecule has 0 radical (unpaired) electrons. The molecule has 0 atom stereocenters. The second-order valence-electron chi connectivity index (χ2n) is 4.94. The Hall–Kier alpha value is -1.98. The van der Waals surface area contributed by atoms with Crippen molar-refractivity contribution < 1.29 is 31.1 Å². The number of thiophene rings is 1. The number of hydrogen-bond donors (Lipinski definition) is 2. The number of benzene rings is 1. The third-order valence-electron chi connectivity index (χ3n) is 2.90. The van der Waals surface area contributed by atoms with Crippen molar-refractivity contribution in [2.45, 2.75) is 6.18 Å². The summed E-state index contributed by atoms with van der Waals surface area (Å²) in [5.41, 5.74) is 0.0645. The van der Waals surface area contributed by atoms with E-state index in [0.717, 1.165) is 11.3 Å². The molecule has 1 heterocycles. The minimum atomic E-state index is -4.90. The average Bonchev–Trinajstić information content (AvgIpc) is 2.92. The van der Waals surface area contributed by atoms with Gasteiger partial charge in [-0.1, -0.05) is 11.6 Å². The number of carbonyl (C=O) groups excluding carboxylic acids is 1. The SMILES string of the molecule is COc1ccc(NC(=O)c2sccc2NS(=O)(=O)CC(F)(F)F)cc1Cl. The summed E-state index contributed by atoms with van der Waals surface area (Å²) in [6.45, 7) is 0. The highest BCUT2D eigenvalue weighted by Gasteiger charge is 2.35. The normalized spacial score (nSPS) is 11.9. The molecule has 0 bridgehead atoms. The Bertz CT molecular complexity index is 913. The van der Waals surface area contributed by atoms with Crippen LogP contribution < -0.4 is 14.8 Å². The zero-order valence-electron chi connectivity index (χ0n) is 13.1. The quantitative estimate of drug-likeness (QED) is 0.729. The molecule has 26 heavy (non-hydrogen) atoms. The number of carbonyl (C=O) groups is 1. The van der Waals surface area contributed by atoms with Gasteiger partial charge in [-0.25, -0.2) is 8.42 Å². The lowest BCUT2D eigenvalue weighted by Gasteiger charge is -2.11. The Morgan fingerprint density at radius 1 is 1.31 bits per heavy atom. The number of hydrogen-bond acceptors (Lipinski definition) is 5. The highest BCUT2D eigenvalue weighted by atomic mass is 35.5. The van der Waals surface area contributed by atoms with E-state index in [4.69, 9.17) is 16.3 Å². The summed E-state index contributed by atoms with van der Waals surface area (Å²) >= 11 is 6.82. The lowest BCUT2D eigenvalue weighted by atomic mass is 10.3. The van der Waals surface area contributed by atoms with Gasteiger partial charge in [-0.3, -0.25) is 9.52 Å². The van der Waals surface area contributed by atoms with E-state index in [1.165, 1.54) is 36.8 Å². The van der Waals surface area contributed by atoms with Crippen LogP contribution in [0.25, 0.3) is 0 Å². The molecule has 6 nitrogen and oxygen atoms in total. The van der Waals surface area contributed by atoms with E-state index in [0.29, 0.717) is 11.4 Å². The van der Waals surface area contributed by atoms with Gasteiger partial charge in [0.05, 0.1) is 17.8 Å². The van der Waals surface area contributed by atoms with Gasteiger partial charge in [-0.05, 0) is 29.6 Å². The number of halogens is 4. The molecule has 2 N–H and O–H groups in total. The van der Waals surface area contributed by atoms with Gasteiger partial charge in [-0.15, -0.1) is 11.3 Å². The van der Waals surface area contributed by atoms with Crippen LogP contribution >= 0.6 is 22.9 Å². The molecule has 0 spiro atoms. The van der Waals surface area contributed by atoms with E-state index < -0.39 is 27.9 Å². The van der Waals surface area contributed by atoms with E-state index in [1.54, 1.807) is 4.72 Å². The molecule has 1 amide bonds. The van der Waals surface area contributed by atoms with E-state index in [2.05, 4.69) is 5.32 Å². The van der Waals surface area contributed by atoms with Crippen molar-refractivity contribution in [2.24, 2.45) is 0 Å². The Kier molecular flexibility index (Phi) is 6.04. The fourth-order valence-electron chi connectivity index (χ4n) is 1.92. The third kappa shape index (κ3) is 5.51. The van der Waals surface area contributed by atoms with Crippen LogP contribution in [0.3, 0.4) is 0 Å². The van der Waals surface area contributed by atoms with Crippen molar-refractivity contribution >= 4 is 50.2 Å². The number of methoxy groups -OCH3 is 1. The molecule has 0 aliphatic rings. The van der Waals surface area contributed by atoms with Gasteiger partial charge in [0.2, 0.25) is 10.0 Å². The van der Waals surface area contributed by atoms with Crippen molar-refractivity contribution in [3.8, 4) is 5.75 Å². The van der Waals surface area contributed by atoms with E-state index in [9.17, 15) is 26.4 Å². The molecule has 0 saturated heterocycles. The van der Waals surface area contributed by atoms with Crippen molar-refractivity contribution in [2.75, 3.05) is 22.9 Å². The zero-order chi connectivity index (χ0) is 19.5. The number of amides is 1. The third-order valence-corrected chi connectivity index (χ3v) is 5.35. The molecule has 2 rings (SSSR count). The summed E-state index contributed by atoms with van der Waals surface area (Å²) in [6, 6.07) is 5.64. The van der Waals surface area contributed by atoms with Crippen LogP contribution in [0.4, 0.5) is 24.5 Å². The molecule has 1 aromatic carbocycles. The van der Waals surface area contributed by atoms with Crippen molar-refractivity contribution in [1.29, 1.82) is 0 Å².